The Morgan fingerprint density at radius 2 is 1.57 bits per heavy atom. The van der Waals surface area contributed by atoms with Gasteiger partial charge in [0.1, 0.15) is 6.10 Å². The first-order chi connectivity index (χ1) is 23.0. The van der Waals surface area contributed by atoms with Gasteiger partial charge in [-0.1, -0.05) is 46.9 Å². The highest BCUT2D eigenvalue weighted by atomic mass is 16.8. The minimum Gasteiger partial charge on any atom is -0.392 e. The van der Waals surface area contributed by atoms with E-state index in [1.165, 1.54) is 11.1 Å². The topological polar surface area (TPSA) is 149 Å². The molecule has 6 N–H and O–H groups in total. The zero-order chi connectivity index (χ0) is 34.8. The molecule has 3 heterocycles. The van der Waals surface area contributed by atoms with Crippen LogP contribution in [0.4, 0.5) is 0 Å². The zero-order valence-corrected chi connectivity index (χ0v) is 29.7. The van der Waals surface area contributed by atoms with Gasteiger partial charge in [-0.3, -0.25) is 0 Å². The summed E-state index contributed by atoms with van der Waals surface area (Å²) in [6, 6.07) is 0. The quantitative estimate of drug-likeness (QED) is 0.246. The lowest BCUT2D eigenvalue weighted by molar-refractivity contribution is -0.528. The Balaban J connectivity index is 1.10. The van der Waals surface area contributed by atoms with Crippen LogP contribution in [0, 0.1) is 62.6 Å². The molecule has 18 atom stereocenters. The molecule has 3 aliphatic heterocycles. The smallest absolute Gasteiger partial charge is 0.206 e. The molecule has 9 nitrogen and oxygen atoms in total. The molecule has 272 valence electrons. The van der Waals surface area contributed by atoms with Crippen molar-refractivity contribution in [3.8, 4) is 0 Å². The van der Waals surface area contributed by atoms with E-state index in [-0.39, 0.29) is 24.0 Å². The Morgan fingerprint density at radius 3 is 2.33 bits per heavy atom. The molecule has 0 radical (unpaired) electrons. The van der Waals surface area contributed by atoms with Crippen LogP contribution in [-0.2, 0) is 14.2 Å². The summed E-state index contributed by atoms with van der Waals surface area (Å²) in [6.07, 6.45) is 2.39. The normalized spacial score (nSPS) is 59.8. The zero-order valence-electron chi connectivity index (χ0n) is 29.7. The van der Waals surface area contributed by atoms with E-state index < -0.39 is 82.0 Å². The first-order valence-corrected chi connectivity index (χ1v) is 19.1. The van der Waals surface area contributed by atoms with Gasteiger partial charge in [0, 0.05) is 23.2 Å². The van der Waals surface area contributed by atoms with Gasteiger partial charge in [0.15, 0.2) is 6.29 Å². The maximum absolute atomic E-state index is 12.8. The third-order valence-corrected chi connectivity index (χ3v) is 17.2. The van der Waals surface area contributed by atoms with Gasteiger partial charge >= 0.3 is 0 Å². The third-order valence-electron chi connectivity index (χ3n) is 17.2. The summed E-state index contributed by atoms with van der Waals surface area (Å²) >= 11 is 0. The van der Waals surface area contributed by atoms with Crippen LogP contribution in [0.5, 0.6) is 0 Å². The highest BCUT2D eigenvalue weighted by molar-refractivity contribution is 5.39. The van der Waals surface area contributed by atoms with E-state index in [4.69, 9.17) is 14.2 Å². The molecule has 7 aliphatic carbocycles. The standard InChI is InChI=1S/C40H58O9/c1-19-17-47-29-21(19)7-10-24-23(29)9-11-25-36(24,5)16-14-27(41)37(25,6)18-48-34-38-26-12-8-22-20(2)31(43)39(26,32(22)44)40(46,49-34)33(45)30(38)35(3,4)15-13-28(38)42/h9,21-22,24-34,41-46H,1-2,7-8,10-18H2,3-6H3/t21-,22-,24+,25-,26-,27+,28-,29+,30+,31+,32+,33-,34-,36-,37+,38+,39-,40-/m0/s1. The lowest BCUT2D eigenvalue weighted by Crippen LogP contribution is -2.88. The molecule has 0 aromatic carbocycles. The van der Waals surface area contributed by atoms with Crippen LogP contribution >= 0.6 is 0 Å². The van der Waals surface area contributed by atoms with Crippen molar-refractivity contribution in [3.05, 3.63) is 36.0 Å². The summed E-state index contributed by atoms with van der Waals surface area (Å²) in [4.78, 5) is 0. The number of aliphatic hydroxyl groups is 6. The van der Waals surface area contributed by atoms with Crippen LogP contribution in [0.3, 0.4) is 0 Å². The van der Waals surface area contributed by atoms with Crippen molar-refractivity contribution in [2.45, 2.75) is 134 Å². The largest absolute Gasteiger partial charge is 0.392 e. The fraction of sp³-hybridized carbons (Fsp3) is 0.850. The molecule has 0 aromatic heterocycles. The Hall–Kier alpha value is -1.14. The van der Waals surface area contributed by atoms with Gasteiger partial charge < -0.3 is 44.8 Å². The highest BCUT2D eigenvalue weighted by Gasteiger charge is 2.89. The van der Waals surface area contributed by atoms with Crippen molar-refractivity contribution in [1.82, 2.24) is 0 Å². The molecule has 49 heavy (non-hydrogen) atoms. The minimum atomic E-state index is -2.34. The van der Waals surface area contributed by atoms with Crippen molar-refractivity contribution in [3.63, 3.8) is 0 Å². The predicted octanol–water partition coefficient (Wildman–Crippen LogP) is 3.60. The second kappa shape index (κ2) is 10.3. The van der Waals surface area contributed by atoms with Crippen molar-refractivity contribution in [2.24, 2.45) is 62.6 Å². The van der Waals surface area contributed by atoms with Gasteiger partial charge in [-0.2, -0.15) is 0 Å². The molecule has 9 fully saturated rings. The van der Waals surface area contributed by atoms with E-state index in [0.717, 1.165) is 25.7 Å². The average Bonchev–Trinajstić information content (AvgIpc) is 3.48. The van der Waals surface area contributed by atoms with E-state index in [9.17, 15) is 30.6 Å². The number of hydrogen-bond donors (Lipinski definition) is 6. The summed E-state index contributed by atoms with van der Waals surface area (Å²) in [7, 11) is 0. The Morgan fingerprint density at radius 1 is 0.857 bits per heavy atom. The van der Waals surface area contributed by atoms with Crippen LogP contribution in [0.1, 0.15) is 85.5 Å². The van der Waals surface area contributed by atoms with Crippen LogP contribution < -0.4 is 0 Å². The molecule has 2 spiro atoms. The number of rotatable bonds is 3. The van der Waals surface area contributed by atoms with Crippen molar-refractivity contribution in [1.29, 1.82) is 0 Å². The number of fused-ring (bicyclic) bond motifs is 7. The number of aliphatic hydroxyl groups excluding tert-OH is 5. The maximum Gasteiger partial charge on any atom is 0.206 e. The van der Waals surface area contributed by atoms with Crippen molar-refractivity contribution in [2.75, 3.05) is 13.2 Å². The SMILES string of the molecule is C=C1[C@@H](O)[C@]23[C@H](O)[C@H]1CC[C@H]2[C@]12[C@@H](OC[C@]4(C)[C@H]5CC=C6[C@@H](CC[C@H]7C(=C)CO[C@@H]67)[C@]5(C)CC[C@H]4O)O[C@@]3(O)[C@@H](O)[C@@H]1C(C)(C)CC[C@@H]2O. The Labute approximate surface area is 290 Å². The van der Waals surface area contributed by atoms with Crippen LogP contribution in [-0.4, -0.2) is 92.6 Å². The fourth-order valence-electron chi connectivity index (χ4n) is 15.0. The van der Waals surface area contributed by atoms with Gasteiger partial charge in [-0.25, -0.2) is 0 Å². The molecule has 9 heteroatoms. The number of ether oxygens (including phenoxy) is 3. The molecule has 4 bridgehead atoms. The minimum absolute atomic E-state index is 0.0749. The second-order valence-corrected chi connectivity index (χ2v) is 19.2. The average molecular weight is 683 g/mol. The van der Waals surface area contributed by atoms with E-state index >= 15 is 0 Å². The van der Waals surface area contributed by atoms with Crippen LogP contribution in [0.2, 0.25) is 0 Å². The molecule has 0 unspecified atom stereocenters. The molecule has 0 aromatic rings. The lowest BCUT2D eigenvalue weighted by Gasteiger charge is -2.77. The van der Waals surface area contributed by atoms with E-state index in [0.29, 0.717) is 56.1 Å². The van der Waals surface area contributed by atoms with Gasteiger partial charge in [-0.15, -0.1) is 0 Å². The molecule has 6 saturated carbocycles. The van der Waals surface area contributed by atoms with E-state index in [2.05, 4.69) is 46.9 Å². The Kier molecular flexibility index (Phi) is 7.07. The highest BCUT2D eigenvalue weighted by Crippen LogP contribution is 2.79. The van der Waals surface area contributed by atoms with Gasteiger partial charge in [0.25, 0.3) is 0 Å². The molecule has 10 rings (SSSR count). The monoisotopic (exact) mass is 682 g/mol. The van der Waals surface area contributed by atoms with Crippen LogP contribution in [0.15, 0.2) is 36.0 Å². The predicted molar refractivity (Wildman–Crippen MR) is 179 cm³/mol. The fourth-order valence-corrected chi connectivity index (χ4v) is 15.0. The number of allylic oxidation sites excluding steroid dienone is 1. The number of hydrogen-bond acceptors (Lipinski definition) is 9. The second-order valence-electron chi connectivity index (χ2n) is 19.2. The first kappa shape index (κ1) is 33.7. The molecule has 3 saturated heterocycles. The summed E-state index contributed by atoms with van der Waals surface area (Å²) < 4.78 is 19.9. The van der Waals surface area contributed by atoms with Gasteiger partial charge in [0.2, 0.25) is 5.79 Å². The first-order valence-electron chi connectivity index (χ1n) is 19.1. The summed E-state index contributed by atoms with van der Waals surface area (Å²) in [5, 5.41) is 72.9. The van der Waals surface area contributed by atoms with Crippen molar-refractivity contribution >= 4 is 0 Å². The summed E-state index contributed by atoms with van der Waals surface area (Å²) in [5.41, 5.74) is -1.06. The molecular weight excluding hydrogens is 624 g/mol. The van der Waals surface area contributed by atoms with Crippen molar-refractivity contribution < 1.29 is 44.8 Å². The third kappa shape index (κ3) is 3.64. The Bertz CT molecular complexity index is 1490. The van der Waals surface area contributed by atoms with E-state index in [1.807, 2.05) is 0 Å². The molecule has 10 aliphatic rings. The summed E-state index contributed by atoms with van der Waals surface area (Å²) in [6.45, 7) is 17.8. The molecular formula is C40H58O9. The van der Waals surface area contributed by atoms with E-state index in [1.54, 1.807) is 0 Å². The van der Waals surface area contributed by atoms with Gasteiger partial charge in [-0.05, 0) is 103 Å². The maximum atomic E-state index is 12.8. The summed E-state index contributed by atoms with van der Waals surface area (Å²) in [5.74, 6) is -3.16. The molecule has 0 amide bonds. The lowest BCUT2D eigenvalue weighted by atomic mass is 9.35. The van der Waals surface area contributed by atoms with Crippen LogP contribution in [0.25, 0.3) is 0 Å². The van der Waals surface area contributed by atoms with Gasteiger partial charge in [0.05, 0.1) is 54.6 Å².